The molecule has 1 aromatic carbocycles. The summed E-state index contributed by atoms with van der Waals surface area (Å²) >= 11 is 0. The maximum absolute atomic E-state index is 13.0. The number of sulfonamides is 1. The van der Waals surface area contributed by atoms with Crippen molar-refractivity contribution in [1.82, 2.24) is 4.31 Å². The number of piperidine rings is 1. The first kappa shape index (κ1) is 18.7. The number of carboxylic acid groups (broad SMARTS) is 1. The number of nitrogens with zero attached hydrogens (tertiary/aromatic N) is 1. The fourth-order valence-electron chi connectivity index (χ4n) is 3.14. The number of benzene rings is 1. The molecule has 0 atom stereocenters. The number of ether oxygens (including phenoxy) is 1. The second kappa shape index (κ2) is 7.11. The van der Waals surface area contributed by atoms with Gasteiger partial charge in [-0.2, -0.15) is 4.31 Å². The summed E-state index contributed by atoms with van der Waals surface area (Å²) in [7, 11) is -2.25. The Kier molecular flexibility index (Phi) is 5.55. The largest absolute Gasteiger partial charge is 0.495 e. The SMILES string of the molecule is COc1cc(C)c(C(C)C)cc1S(=O)(=O)N1CCC(C(=O)O)CC1. The first-order valence-electron chi connectivity index (χ1n) is 8.10. The van der Waals surface area contributed by atoms with Crippen LogP contribution in [0.2, 0.25) is 0 Å². The third-order valence-corrected chi connectivity index (χ3v) is 6.52. The van der Waals surface area contributed by atoms with Gasteiger partial charge in [-0.15, -0.1) is 0 Å². The van der Waals surface area contributed by atoms with Crippen molar-refractivity contribution >= 4 is 16.0 Å². The molecular formula is C17H25NO5S. The number of methoxy groups -OCH3 is 1. The van der Waals surface area contributed by atoms with Crippen LogP contribution in [0.4, 0.5) is 0 Å². The zero-order valence-electron chi connectivity index (χ0n) is 14.6. The van der Waals surface area contributed by atoms with E-state index in [0.29, 0.717) is 18.6 Å². The van der Waals surface area contributed by atoms with Crippen molar-refractivity contribution in [2.24, 2.45) is 5.92 Å². The molecule has 7 heteroatoms. The molecule has 0 unspecified atom stereocenters. The van der Waals surface area contributed by atoms with E-state index in [4.69, 9.17) is 9.84 Å². The van der Waals surface area contributed by atoms with Crippen molar-refractivity contribution in [2.45, 2.75) is 44.4 Å². The van der Waals surface area contributed by atoms with Crippen molar-refractivity contribution in [3.63, 3.8) is 0 Å². The molecule has 1 heterocycles. The standard InChI is InChI=1S/C17H25NO5S/c1-11(2)14-10-16(15(23-4)9-12(14)3)24(21,22)18-7-5-13(6-8-18)17(19)20/h9-11,13H,5-8H2,1-4H3,(H,19,20). The maximum Gasteiger partial charge on any atom is 0.306 e. The average molecular weight is 355 g/mol. The van der Waals surface area contributed by atoms with E-state index in [9.17, 15) is 13.2 Å². The van der Waals surface area contributed by atoms with Crippen molar-refractivity contribution < 1.29 is 23.1 Å². The second-order valence-corrected chi connectivity index (χ2v) is 8.44. The Hall–Kier alpha value is -1.60. The molecule has 1 aliphatic rings. The molecule has 1 aliphatic heterocycles. The Labute approximate surface area is 143 Å². The smallest absolute Gasteiger partial charge is 0.306 e. The molecule has 24 heavy (non-hydrogen) atoms. The molecule has 0 radical (unpaired) electrons. The summed E-state index contributed by atoms with van der Waals surface area (Å²) in [6, 6.07) is 3.45. The number of hydrogen-bond donors (Lipinski definition) is 1. The van der Waals surface area contributed by atoms with Crippen LogP contribution in [0, 0.1) is 12.8 Å². The lowest BCUT2D eigenvalue weighted by atomic mass is 9.98. The van der Waals surface area contributed by atoms with Gasteiger partial charge in [0.1, 0.15) is 10.6 Å². The minimum atomic E-state index is -3.71. The highest BCUT2D eigenvalue weighted by Gasteiger charge is 2.34. The minimum absolute atomic E-state index is 0.160. The number of carboxylic acids is 1. The van der Waals surface area contributed by atoms with Gasteiger partial charge >= 0.3 is 5.97 Å². The lowest BCUT2D eigenvalue weighted by molar-refractivity contribution is -0.142. The van der Waals surface area contributed by atoms with Gasteiger partial charge in [0.25, 0.3) is 0 Å². The van der Waals surface area contributed by atoms with Gasteiger partial charge in [-0.25, -0.2) is 8.42 Å². The van der Waals surface area contributed by atoms with Crippen molar-refractivity contribution in [2.75, 3.05) is 20.2 Å². The van der Waals surface area contributed by atoms with Crippen molar-refractivity contribution in [3.8, 4) is 5.75 Å². The molecule has 1 saturated heterocycles. The second-order valence-electron chi connectivity index (χ2n) is 6.53. The summed E-state index contributed by atoms with van der Waals surface area (Å²) in [5.41, 5.74) is 1.96. The molecule has 0 spiro atoms. The predicted octanol–water partition coefficient (Wildman–Crippen LogP) is 2.61. The highest BCUT2D eigenvalue weighted by molar-refractivity contribution is 7.89. The highest BCUT2D eigenvalue weighted by atomic mass is 32.2. The molecule has 1 N–H and O–H groups in total. The van der Waals surface area contributed by atoms with Crippen LogP contribution in [-0.4, -0.2) is 44.0 Å². The van der Waals surface area contributed by atoms with Crippen molar-refractivity contribution in [3.05, 3.63) is 23.3 Å². The summed E-state index contributed by atoms with van der Waals surface area (Å²) < 4.78 is 32.7. The number of carbonyl (C=O) groups is 1. The third-order valence-electron chi connectivity index (χ3n) is 4.60. The monoisotopic (exact) mass is 355 g/mol. The number of aliphatic carboxylic acids is 1. The molecule has 0 aliphatic carbocycles. The van der Waals surface area contributed by atoms with Gasteiger partial charge in [0.2, 0.25) is 10.0 Å². The molecule has 0 bridgehead atoms. The van der Waals surface area contributed by atoms with Gasteiger partial charge < -0.3 is 9.84 Å². The van der Waals surface area contributed by atoms with E-state index in [1.54, 1.807) is 12.1 Å². The summed E-state index contributed by atoms with van der Waals surface area (Å²) in [6.07, 6.45) is 0.666. The Balaban J connectivity index is 2.39. The van der Waals surface area contributed by atoms with Gasteiger partial charge in [0, 0.05) is 13.1 Å². The van der Waals surface area contributed by atoms with Crippen molar-refractivity contribution in [1.29, 1.82) is 0 Å². The maximum atomic E-state index is 13.0. The van der Waals surface area contributed by atoms with Crippen LogP contribution in [0.25, 0.3) is 0 Å². The summed E-state index contributed by atoms with van der Waals surface area (Å²) in [5, 5.41) is 9.07. The Morgan fingerprint density at radius 3 is 2.33 bits per heavy atom. The molecule has 2 rings (SSSR count). The van der Waals surface area contributed by atoms with E-state index in [1.807, 2.05) is 20.8 Å². The normalized spacial score (nSPS) is 17.2. The molecule has 6 nitrogen and oxygen atoms in total. The lowest BCUT2D eigenvalue weighted by Gasteiger charge is -2.30. The van der Waals surface area contributed by atoms with E-state index in [-0.39, 0.29) is 23.9 Å². The number of hydrogen-bond acceptors (Lipinski definition) is 4. The van der Waals surface area contributed by atoms with Gasteiger partial charge in [0.15, 0.2) is 0 Å². The van der Waals surface area contributed by atoms with E-state index >= 15 is 0 Å². The summed E-state index contributed by atoms with van der Waals surface area (Å²) in [5.74, 6) is -0.801. The molecular weight excluding hydrogens is 330 g/mol. The van der Waals surface area contributed by atoms with E-state index in [2.05, 4.69) is 0 Å². The summed E-state index contributed by atoms with van der Waals surface area (Å²) in [4.78, 5) is 11.2. The highest BCUT2D eigenvalue weighted by Crippen LogP contribution is 2.34. The van der Waals surface area contributed by atoms with Gasteiger partial charge in [-0.3, -0.25) is 4.79 Å². The van der Waals surface area contributed by atoms with Crippen LogP contribution >= 0.6 is 0 Å². The quantitative estimate of drug-likeness (QED) is 0.878. The Bertz CT molecular complexity index is 719. The van der Waals surface area contributed by atoms with Crippen LogP contribution in [-0.2, 0) is 14.8 Å². The molecule has 134 valence electrons. The Morgan fingerprint density at radius 2 is 1.88 bits per heavy atom. The molecule has 0 saturated carbocycles. The van der Waals surface area contributed by atoms with Crippen LogP contribution in [0.1, 0.15) is 43.7 Å². The molecule has 1 fully saturated rings. The third kappa shape index (κ3) is 3.57. The van der Waals surface area contributed by atoms with Gasteiger partial charge in [0.05, 0.1) is 13.0 Å². The first-order valence-corrected chi connectivity index (χ1v) is 9.54. The van der Waals surface area contributed by atoms with Crippen LogP contribution in [0.5, 0.6) is 5.75 Å². The zero-order chi connectivity index (χ0) is 18.1. The molecule has 0 aromatic heterocycles. The van der Waals surface area contributed by atoms with E-state index in [0.717, 1.165) is 11.1 Å². The summed E-state index contributed by atoms with van der Waals surface area (Å²) in [6.45, 7) is 6.40. The fourth-order valence-corrected chi connectivity index (χ4v) is 4.78. The first-order chi connectivity index (χ1) is 11.2. The van der Waals surface area contributed by atoms with Crippen LogP contribution < -0.4 is 4.74 Å². The Morgan fingerprint density at radius 1 is 1.29 bits per heavy atom. The lowest BCUT2D eigenvalue weighted by Crippen LogP contribution is -2.40. The molecule has 0 amide bonds. The van der Waals surface area contributed by atoms with Crippen LogP contribution in [0.15, 0.2) is 17.0 Å². The van der Waals surface area contributed by atoms with Crippen LogP contribution in [0.3, 0.4) is 0 Å². The topological polar surface area (TPSA) is 83.9 Å². The van der Waals surface area contributed by atoms with Gasteiger partial charge in [-0.05, 0) is 48.9 Å². The number of aryl methyl sites for hydroxylation is 1. The number of rotatable bonds is 5. The van der Waals surface area contributed by atoms with E-state index in [1.165, 1.54) is 11.4 Å². The predicted molar refractivity (Wildman–Crippen MR) is 90.9 cm³/mol. The average Bonchev–Trinajstić information content (AvgIpc) is 2.53. The molecule has 1 aromatic rings. The minimum Gasteiger partial charge on any atom is -0.495 e. The fraction of sp³-hybridized carbons (Fsp3) is 0.588. The van der Waals surface area contributed by atoms with Gasteiger partial charge in [-0.1, -0.05) is 13.8 Å². The van der Waals surface area contributed by atoms with E-state index < -0.39 is 21.9 Å². The zero-order valence-corrected chi connectivity index (χ0v) is 15.4.